The van der Waals surface area contributed by atoms with Gasteiger partial charge in [-0.1, -0.05) is 13.3 Å². The number of nitrogens with one attached hydrogen (secondary N) is 1. The highest BCUT2D eigenvalue weighted by Gasteiger charge is 2.17. The molecule has 1 saturated heterocycles. The van der Waals surface area contributed by atoms with Crippen LogP contribution in [0, 0.1) is 0 Å². The Morgan fingerprint density at radius 3 is 2.60 bits per heavy atom. The number of piperazine rings is 1. The second-order valence-electron chi connectivity index (χ2n) is 4.75. The van der Waals surface area contributed by atoms with Crippen LogP contribution >= 0.6 is 0 Å². The van der Waals surface area contributed by atoms with E-state index < -0.39 is 0 Å². The highest BCUT2D eigenvalue weighted by atomic mass is 15.2. The Labute approximate surface area is 94.8 Å². The third-order valence-corrected chi connectivity index (χ3v) is 3.24. The molecule has 1 rings (SSSR count). The predicted molar refractivity (Wildman–Crippen MR) is 66.3 cm³/mol. The molecule has 0 aromatic heterocycles. The van der Waals surface area contributed by atoms with Crippen molar-refractivity contribution in [1.82, 2.24) is 15.1 Å². The molecule has 1 aliphatic heterocycles. The molecule has 1 atom stereocenters. The van der Waals surface area contributed by atoms with Crippen molar-refractivity contribution < 1.29 is 0 Å². The van der Waals surface area contributed by atoms with Gasteiger partial charge in [-0.3, -0.25) is 4.90 Å². The minimum Gasteiger partial charge on any atom is -0.314 e. The van der Waals surface area contributed by atoms with Crippen molar-refractivity contribution in [2.24, 2.45) is 0 Å². The van der Waals surface area contributed by atoms with Crippen LogP contribution in [0.4, 0.5) is 0 Å². The summed E-state index contributed by atoms with van der Waals surface area (Å²) in [5.41, 5.74) is 0. The molecule has 1 fully saturated rings. The van der Waals surface area contributed by atoms with Gasteiger partial charge < -0.3 is 10.2 Å². The van der Waals surface area contributed by atoms with E-state index in [2.05, 4.69) is 36.0 Å². The van der Waals surface area contributed by atoms with Crippen molar-refractivity contribution in [3.63, 3.8) is 0 Å². The van der Waals surface area contributed by atoms with Gasteiger partial charge in [-0.2, -0.15) is 0 Å². The average Bonchev–Trinajstić information content (AvgIpc) is 2.27. The second-order valence-corrected chi connectivity index (χ2v) is 4.75. The average molecular weight is 213 g/mol. The van der Waals surface area contributed by atoms with E-state index in [9.17, 15) is 0 Å². The Kier molecular flexibility index (Phi) is 6.22. The van der Waals surface area contributed by atoms with E-state index in [1.54, 1.807) is 0 Å². The Morgan fingerprint density at radius 1 is 1.33 bits per heavy atom. The summed E-state index contributed by atoms with van der Waals surface area (Å²) in [4.78, 5) is 5.06. The summed E-state index contributed by atoms with van der Waals surface area (Å²) >= 11 is 0. The lowest BCUT2D eigenvalue weighted by atomic mass is 10.2. The first-order valence-corrected chi connectivity index (χ1v) is 6.37. The molecule has 15 heavy (non-hydrogen) atoms. The van der Waals surface area contributed by atoms with E-state index in [1.165, 1.54) is 39.0 Å². The predicted octanol–water partition coefficient (Wildman–Crippen LogP) is 1.01. The molecular weight excluding hydrogens is 186 g/mol. The molecule has 0 bridgehead atoms. The summed E-state index contributed by atoms with van der Waals surface area (Å²) in [6.45, 7) is 11.8. The number of nitrogens with zero attached hydrogens (tertiary/aromatic N) is 2. The van der Waals surface area contributed by atoms with Crippen LogP contribution in [0.25, 0.3) is 0 Å². The fraction of sp³-hybridized carbons (Fsp3) is 1.00. The molecule has 1 N–H and O–H groups in total. The lowest BCUT2D eigenvalue weighted by Crippen LogP contribution is -2.50. The molecule has 0 aromatic rings. The number of likely N-dealkylation sites (N-methyl/N-ethyl adjacent to an activating group) is 1. The molecule has 0 spiro atoms. The smallest absolute Gasteiger partial charge is 0.0195 e. The number of hydrogen-bond acceptors (Lipinski definition) is 3. The molecular formula is C12H27N3. The molecule has 0 aromatic carbocycles. The van der Waals surface area contributed by atoms with E-state index in [4.69, 9.17) is 0 Å². The van der Waals surface area contributed by atoms with Crippen molar-refractivity contribution >= 4 is 0 Å². The maximum atomic E-state index is 3.40. The highest BCUT2D eigenvalue weighted by molar-refractivity contribution is 4.75. The molecule has 1 aliphatic rings. The maximum absolute atomic E-state index is 3.40. The van der Waals surface area contributed by atoms with Crippen LogP contribution in [0.1, 0.15) is 26.7 Å². The molecule has 0 radical (unpaired) electrons. The molecule has 3 nitrogen and oxygen atoms in total. The third-order valence-electron chi connectivity index (χ3n) is 3.24. The first kappa shape index (κ1) is 12.9. The van der Waals surface area contributed by atoms with Gasteiger partial charge in [0.1, 0.15) is 0 Å². The van der Waals surface area contributed by atoms with Gasteiger partial charge in [-0.05, 0) is 26.9 Å². The fourth-order valence-electron chi connectivity index (χ4n) is 2.21. The molecule has 0 amide bonds. The van der Waals surface area contributed by atoms with Crippen molar-refractivity contribution in [1.29, 1.82) is 0 Å². The van der Waals surface area contributed by atoms with Crippen LogP contribution in [0.5, 0.6) is 0 Å². The zero-order valence-electron chi connectivity index (χ0n) is 10.6. The van der Waals surface area contributed by atoms with E-state index in [0.29, 0.717) is 6.04 Å². The highest BCUT2D eigenvalue weighted by Crippen LogP contribution is 2.03. The lowest BCUT2D eigenvalue weighted by Gasteiger charge is -2.34. The minimum absolute atomic E-state index is 0.703. The second kappa shape index (κ2) is 7.20. The standard InChI is InChI=1S/C12H27N3/c1-4-5-8-14(3)11-12(2)15-9-6-13-7-10-15/h12-13H,4-11H2,1-3H3. The molecule has 1 heterocycles. The van der Waals surface area contributed by atoms with Crippen LogP contribution in [-0.2, 0) is 0 Å². The number of hydrogen-bond donors (Lipinski definition) is 1. The molecule has 0 aliphatic carbocycles. The van der Waals surface area contributed by atoms with Gasteiger partial charge in [0.2, 0.25) is 0 Å². The topological polar surface area (TPSA) is 18.5 Å². The first-order chi connectivity index (χ1) is 7.24. The van der Waals surface area contributed by atoms with E-state index >= 15 is 0 Å². The van der Waals surface area contributed by atoms with Crippen molar-refractivity contribution in [2.45, 2.75) is 32.7 Å². The van der Waals surface area contributed by atoms with Gasteiger partial charge in [0.25, 0.3) is 0 Å². The van der Waals surface area contributed by atoms with Crippen molar-refractivity contribution in [3.8, 4) is 0 Å². The van der Waals surface area contributed by atoms with Gasteiger partial charge in [-0.15, -0.1) is 0 Å². The lowest BCUT2D eigenvalue weighted by molar-refractivity contribution is 0.146. The fourth-order valence-corrected chi connectivity index (χ4v) is 2.21. The van der Waals surface area contributed by atoms with E-state index in [0.717, 1.165) is 13.1 Å². The first-order valence-electron chi connectivity index (χ1n) is 6.37. The van der Waals surface area contributed by atoms with Crippen LogP contribution < -0.4 is 5.32 Å². The normalized spacial score (nSPS) is 20.8. The van der Waals surface area contributed by atoms with Gasteiger partial charge in [-0.25, -0.2) is 0 Å². The summed E-state index contributed by atoms with van der Waals surface area (Å²) in [6, 6.07) is 0.703. The molecule has 1 unspecified atom stereocenters. The summed E-state index contributed by atoms with van der Waals surface area (Å²) < 4.78 is 0. The molecule has 90 valence electrons. The zero-order valence-corrected chi connectivity index (χ0v) is 10.6. The summed E-state index contributed by atoms with van der Waals surface area (Å²) in [5, 5.41) is 3.40. The van der Waals surface area contributed by atoms with Crippen molar-refractivity contribution in [2.75, 3.05) is 46.3 Å². The summed E-state index contributed by atoms with van der Waals surface area (Å²) in [7, 11) is 2.24. The molecule has 0 saturated carbocycles. The Balaban J connectivity index is 2.17. The van der Waals surface area contributed by atoms with Crippen molar-refractivity contribution in [3.05, 3.63) is 0 Å². The van der Waals surface area contributed by atoms with Crippen LogP contribution in [-0.4, -0.2) is 62.2 Å². The zero-order chi connectivity index (χ0) is 11.1. The number of unbranched alkanes of at least 4 members (excludes halogenated alkanes) is 1. The van der Waals surface area contributed by atoms with Gasteiger partial charge in [0, 0.05) is 38.8 Å². The summed E-state index contributed by atoms with van der Waals surface area (Å²) in [5.74, 6) is 0. The SMILES string of the molecule is CCCCN(C)CC(C)N1CCNCC1. The van der Waals surface area contributed by atoms with Crippen LogP contribution in [0.2, 0.25) is 0 Å². The quantitative estimate of drug-likeness (QED) is 0.710. The van der Waals surface area contributed by atoms with E-state index in [1.807, 2.05) is 0 Å². The van der Waals surface area contributed by atoms with E-state index in [-0.39, 0.29) is 0 Å². The number of rotatable bonds is 6. The monoisotopic (exact) mass is 213 g/mol. The largest absolute Gasteiger partial charge is 0.314 e. The third kappa shape index (κ3) is 4.96. The Morgan fingerprint density at radius 2 is 2.00 bits per heavy atom. The summed E-state index contributed by atoms with van der Waals surface area (Å²) in [6.07, 6.45) is 2.62. The maximum Gasteiger partial charge on any atom is 0.0195 e. The minimum atomic E-state index is 0.703. The van der Waals surface area contributed by atoms with Gasteiger partial charge in [0.05, 0.1) is 0 Å². The molecule has 3 heteroatoms. The van der Waals surface area contributed by atoms with Gasteiger partial charge >= 0.3 is 0 Å². The Bertz CT molecular complexity index is 155. The van der Waals surface area contributed by atoms with Gasteiger partial charge in [0.15, 0.2) is 0 Å². The van der Waals surface area contributed by atoms with Crippen LogP contribution in [0.15, 0.2) is 0 Å². The Hall–Kier alpha value is -0.120. The van der Waals surface area contributed by atoms with Crippen LogP contribution in [0.3, 0.4) is 0 Å².